The van der Waals surface area contributed by atoms with Crippen molar-refractivity contribution >= 4 is 12.9 Å². The van der Waals surface area contributed by atoms with Gasteiger partial charge >= 0.3 is 7.48 Å². The largest absolute Gasteiger partial charge is 0.449 e. The minimum absolute atomic E-state index is 0.0334. The predicted octanol–water partition coefficient (Wildman–Crippen LogP) is -0.473. The van der Waals surface area contributed by atoms with Gasteiger partial charge in [-0.05, 0) is 12.1 Å². The second kappa shape index (κ2) is 3.04. The van der Waals surface area contributed by atoms with Crippen LogP contribution in [0.2, 0.25) is 0 Å². The second-order valence-corrected chi connectivity index (χ2v) is 1.97. The number of benzene rings is 1. The number of nitriles is 1. The van der Waals surface area contributed by atoms with Crippen LogP contribution in [-0.2, 0) is 0 Å². The van der Waals surface area contributed by atoms with Gasteiger partial charge in [-0.1, -0.05) is 17.6 Å². The molecule has 0 heterocycles. The fraction of sp³-hybridized carbons (Fsp3) is 0. The maximum atomic E-state index is 8.62. The van der Waals surface area contributed by atoms with Crippen molar-refractivity contribution in [1.82, 2.24) is 0 Å². The standard InChI is InChI=1S/C7H6BNO/c9-5-6-1-3-7(8-10)4-2-6/h1-4,8,10H. The first-order chi connectivity index (χ1) is 4.86. The van der Waals surface area contributed by atoms with E-state index in [2.05, 4.69) is 0 Å². The van der Waals surface area contributed by atoms with E-state index in [0.29, 0.717) is 5.56 Å². The molecule has 10 heavy (non-hydrogen) atoms. The van der Waals surface area contributed by atoms with Gasteiger partial charge in [0, 0.05) is 0 Å². The molecule has 1 rings (SSSR count). The average molecular weight is 131 g/mol. The topological polar surface area (TPSA) is 44.0 Å². The second-order valence-electron chi connectivity index (χ2n) is 1.97. The maximum Gasteiger partial charge on any atom is 0.304 e. The van der Waals surface area contributed by atoms with Crippen LogP contribution in [0.15, 0.2) is 24.3 Å². The van der Waals surface area contributed by atoms with E-state index in [4.69, 9.17) is 10.3 Å². The molecule has 0 aliphatic carbocycles. The van der Waals surface area contributed by atoms with Crippen LogP contribution in [0, 0.1) is 11.3 Å². The Bertz CT molecular complexity index is 249. The van der Waals surface area contributed by atoms with E-state index in [1.807, 2.05) is 6.07 Å². The molecule has 2 nitrogen and oxygen atoms in total. The quantitative estimate of drug-likeness (QED) is 0.523. The maximum absolute atomic E-state index is 8.62. The lowest BCUT2D eigenvalue weighted by molar-refractivity contribution is 0.615. The van der Waals surface area contributed by atoms with Crippen molar-refractivity contribution in [3.05, 3.63) is 29.8 Å². The van der Waals surface area contributed by atoms with Crippen LogP contribution in [0.25, 0.3) is 0 Å². The Morgan fingerprint density at radius 1 is 1.30 bits per heavy atom. The van der Waals surface area contributed by atoms with Gasteiger partial charge in [0.25, 0.3) is 0 Å². The van der Waals surface area contributed by atoms with E-state index < -0.39 is 0 Å². The number of rotatable bonds is 1. The Balaban J connectivity index is 2.93. The molecule has 0 spiro atoms. The van der Waals surface area contributed by atoms with Crippen molar-refractivity contribution in [3.63, 3.8) is 0 Å². The van der Waals surface area contributed by atoms with Gasteiger partial charge in [-0.25, -0.2) is 0 Å². The molecule has 0 aliphatic rings. The lowest BCUT2D eigenvalue weighted by Gasteiger charge is -1.91. The van der Waals surface area contributed by atoms with Crippen molar-refractivity contribution in [3.8, 4) is 6.07 Å². The van der Waals surface area contributed by atoms with Crippen molar-refractivity contribution in [2.75, 3.05) is 0 Å². The Kier molecular flexibility index (Phi) is 2.09. The fourth-order valence-electron chi connectivity index (χ4n) is 0.685. The first kappa shape index (κ1) is 6.85. The van der Waals surface area contributed by atoms with Crippen molar-refractivity contribution in [2.45, 2.75) is 0 Å². The van der Waals surface area contributed by atoms with Crippen LogP contribution in [-0.4, -0.2) is 12.5 Å². The first-order valence-electron chi connectivity index (χ1n) is 2.96. The zero-order valence-corrected chi connectivity index (χ0v) is 5.41. The Morgan fingerprint density at radius 3 is 2.30 bits per heavy atom. The smallest absolute Gasteiger partial charge is 0.304 e. The fourth-order valence-corrected chi connectivity index (χ4v) is 0.685. The van der Waals surface area contributed by atoms with Gasteiger partial charge in [0.1, 0.15) is 0 Å². The molecule has 0 saturated heterocycles. The Morgan fingerprint density at radius 2 is 1.90 bits per heavy atom. The molecule has 0 amide bonds. The molecular weight excluding hydrogens is 125 g/mol. The minimum Gasteiger partial charge on any atom is -0.449 e. The molecule has 0 atom stereocenters. The zero-order valence-electron chi connectivity index (χ0n) is 5.41. The zero-order chi connectivity index (χ0) is 7.40. The van der Waals surface area contributed by atoms with Crippen molar-refractivity contribution in [2.24, 2.45) is 0 Å². The summed E-state index contributed by atoms with van der Waals surface area (Å²) in [4.78, 5) is 0. The average Bonchev–Trinajstić information content (AvgIpc) is 2.05. The third kappa shape index (κ3) is 1.37. The summed E-state index contributed by atoms with van der Waals surface area (Å²) in [5, 5.41) is 17.0. The summed E-state index contributed by atoms with van der Waals surface area (Å²) in [6.07, 6.45) is 0. The van der Waals surface area contributed by atoms with Gasteiger partial charge in [0.15, 0.2) is 0 Å². The summed E-state index contributed by atoms with van der Waals surface area (Å²) in [6, 6.07) is 8.84. The normalized spacial score (nSPS) is 8.40. The molecule has 0 bridgehead atoms. The Hall–Kier alpha value is -1.27. The van der Waals surface area contributed by atoms with E-state index in [0.717, 1.165) is 5.46 Å². The summed E-state index contributed by atoms with van der Waals surface area (Å²) in [5.41, 5.74) is 1.45. The monoisotopic (exact) mass is 131 g/mol. The first-order valence-corrected chi connectivity index (χ1v) is 2.96. The summed E-state index contributed by atoms with van der Waals surface area (Å²) in [5.74, 6) is 0. The molecule has 0 aromatic heterocycles. The van der Waals surface area contributed by atoms with Gasteiger partial charge in [-0.3, -0.25) is 0 Å². The van der Waals surface area contributed by atoms with Crippen LogP contribution in [0.1, 0.15) is 5.56 Å². The van der Waals surface area contributed by atoms with E-state index >= 15 is 0 Å². The third-order valence-corrected chi connectivity index (χ3v) is 1.27. The molecule has 1 aromatic carbocycles. The van der Waals surface area contributed by atoms with Crippen LogP contribution < -0.4 is 5.46 Å². The SMILES string of the molecule is N#Cc1ccc(BO)cc1. The molecule has 0 radical (unpaired) electrons. The van der Waals surface area contributed by atoms with Gasteiger partial charge in [-0.15, -0.1) is 0 Å². The molecule has 1 N–H and O–H groups in total. The van der Waals surface area contributed by atoms with Gasteiger partial charge in [0.05, 0.1) is 11.6 Å². The van der Waals surface area contributed by atoms with E-state index in [1.54, 1.807) is 24.3 Å². The predicted molar refractivity (Wildman–Crippen MR) is 40.2 cm³/mol. The number of hydrogen-bond acceptors (Lipinski definition) is 2. The lowest BCUT2D eigenvalue weighted by Crippen LogP contribution is -2.11. The molecule has 0 saturated carbocycles. The van der Waals surface area contributed by atoms with Crippen LogP contribution in [0.4, 0.5) is 0 Å². The summed E-state index contributed by atoms with van der Waals surface area (Å²) in [6.45, 7) is 0. The van der Waals surface area contributed by atoms with Crippen LogP contribution in [0.5, 0.6) is 0 Å². The highest BCUT2D eigenvalue weighted by molar-refractivity contribution is 6.45. The molecular formula is C7H6BNO. The van der Waals surface area contributed by atoms with E-state index in [1.165, 1.54) is 0 Å². The van der Waals surface area contributed by atoms with Crippen molar-refractivity contribution in [1.29, 1.82) is 5.26 Å². The van der Waals surface area contributed by atoms with Crippen molar-refractivity contribution < 1.29 is 5.02 Å². The highest BCUT2D eigenvalue weighted by Gasteiger charge is 1.91. The summed E-state index contributed by atoms with van der Waals surface area (Å²) < 4.78 is 0. The number of hydrogen-bond donors (Lipinski definition) is 1. The van der Waals surface area contributed by atoms with Gasteiger partial charge < -0.3 is 5.02 Å². The van der Waals surface area contributed by atoms with Crippen LogP contribution >= 0.6 is 0 Å². The van der Waals surface area contributed by atoms with E-state index in [9.17, 15) is 0 Å². The highest BCUT2D eigenvalue weighted by atomic mass is 16.2. The lowest BCUT2D eigenvalue weighted by atomic mass is 9.88. The molecule has 0 fully saturated rings. The molecule has 0 unspecified atom stereocenters. The molecule has 0 aliphatic heterocycles. The van der Waals surface area contributed by atoms with Gasteiger partial charge in [-0.2, -0.15) is 5.26 Å². The summed E-state index contributed by atoms with van der Waals surface area (Å²) >= 11 is 0. The van der Waals surface area contributed by atoms with E-state index in [-0.39, 0.29) is 7.48 Å². The minimum atomic E-state index is 0.0334. The number of nitrogens with zero attached hydrogens (tertiary/aromatic N) is 1. The molecule has 3 heteroatoms. The Labute approximate surface area is 60.0 Å². The highest BCUT2D eigenvalue weighted by Crippen LogP contribution is 1.91. The van der Waals surface area contributed by atoms with Gasteiger partial charge in [0.2, 0.25) is 0 Å². The molecule has 48 valence electrons. The summed E-state index contributed by atoms with van der Waals surface area (Å²) in [7, 11) is 0.0334. The molecule has 1 aromatic rings. The van der Waals surface area contributed by atoms with Crippen LogP contribution in [0.3, 0.4) is 0 Å². The third-order valence-electron chi connectivity index (χ3n) is 1.27.